The highest BCUT2D eigenvalue weighted by Gasteiger charge is 2.18. The first-order valence-corrected chi connectivity index (χ1v) is 11.0. The summed E-state index contributed by atoms with van der Waals surface area (Å²) in [5.74, 6) is -2.50. The second-order valence-corrected chi connectivity index (χ2v) is 7.69. The molecule has 0 saturated heterocycles. The van der Waals surface area contributed by atoms with Crippen molar-refractivity contribution in [3.63, 3.8) is 0 Å². The van der Waals surface area contributed by atoms with Crippen LogP contribution in [0.15, 0.2) is 53.5 Å². The molecule has 0 aliphatic rings. The van der Waals surface area contributed by atoms with E-state index in [4.69, 9.17) is 31.2 Å². The maximum atomic E-state index is 12.3. The summed E-state index contributed by atoms with van der Waals surface area (Å²) >= 11 is 0. The van der Waals surface area contributed by atoms with Gasteiger partial charge >= 0.3 is 24.0 Å². The Morgan fingerprint density at radius 2 is 1.53 bits per heavy atom. The molecule has 6 N–H and O–H groups in total. The first kappa shape index (κ1) is 27.6. The molecule has 0 saturated carbocycles. The van der Waals surface area contributed by atoms with Crippen molar-refractivity contribution in [2.24, 2.45) is 16.5 Å². The van der Waals surface area contributed by atoms with Crippen LogP contribution in [0, 0.1) is 0 Å². The summed E-state index contributed by atoms with van der Waals surface area (Å²) in [6.07, 6.45) is 0.643. The molecule has 0 radical (unpaired) electrons. The van der Waals surface area contributed by atoms with E-state index >= 15 is 0 Å². The predicted molar refractivity (Wildman–Crippen MR) is 129 cm³/mol. The van der Waals surface area contributed by atoms with Gasteiger partial charge in [-0.1, -0.05) is 18.6 Å². The van der Waals surface area contributed by atoms with Crippen LogP contribution in [-0.4, -0.2) is 58.2 Å². The van der Waals surface area contributed by atoms with Crippen LogP contribution in [0.2, 0.25) is 0 Å². The topological polar surface area (TPSA) is 195 Å². The number of hydrogen-bond acceptors (Lipinski definition) is 7. The maximum absolute atomic E-state index is 12.3. The molecule has 0 aliphatic heterocycles. The van der Waals surface area contributed by atoms with Gasteiger partial charge < -0.3 is 31.2 Å². The van der Waals surface area contributed by atoms with Crippen LogP contribution in [0.1, 0.15) is 41.6 Å². The zero-order chi connectivity index (χ0) is 26.5. The number of benzene rings is 2. The van der Waals surface area contributed by atoms with Crippen LogP contribution in [-0.2, 0) is 20.9 Å². The van der Waals surface area contributed by atoms with Crippen LogP contribution < -0.4 is 16.2 Å². The van der Waals surface area contributed by atoms with E-state index in [-0.39, 0.29) is 31.3 Å². The molecule has 12 nitrogen and oxygen atoms in total. The van der Waals surface area contributed by atoms with Crippen molar-refractivity contribution in [2.75, 3.05) is 13.1 Å². The van der Waals surface area contributed by atoms with E-state index in [1.165, 1.54) is 24.3 Å². The fourth-order valence-electron chi connectivity index (χ4n) is 3.03. The van der Waals surface area contributed by atoms with Gasteiger partial charge in [-0.2, -0.15) is 0 Å². The number of hydrogen-bond donors (Lipinski definition) is 4. The van der Waals surface area contributed by atoms with Gasteiger partial charge in [0.05, 0.1) is 11.3 Å². The van der Waals surface area contributed by atoms with Crippen molar-refractivity contribution >= 4 is 35.6 Å². The number of carboxylic acids is 2. The highest BCUT2D eigenvalue weighted by molar-refractivity contribution is 5.91. The number of guanidine groups is 1. The minimum absolute atomic E-state index is 0.0143. The van der Waals surface area contributed by atoms with Crippen molar-refractivity contribution in [3.8, 4) is 5.75 Å². The van der Waals surface area contributed by atoms with Gasteiger partial charge in [-0.05, 0) is 54.8 Å². The van der Waals surface area contributed by atoms with Gasteiger partial charge in [-0.15, -0.1) is 0 Å². The number of nitrogens with zero attached hydrogens (tertiary/aromatic N) is 2. The smallest absolute Gasteiger partial charge is 0.410 e. The molecule has 0 atom stereocenters. The number of unbranched alkanes of at least 4 members (excludes halogenated alkanes) is 2. The Bertz CT molecular complexity index is 1080. The van der Waals surface area contributed by atoms with Crippen molar-refractivity contribution in [3.05, 3.63) is 59.7 Å². The van der Waals surface area contributed by atoms with E-state index in [0.717, 1.165) is 4.90 Å². The third-order valence-electron chi connectivity index (χ3n) is 4.76. The third-order valence-corrected chi connectivity index (χ3v) is 4.76. The first-order chi connectivity index (χ1) is 17.1. The van der Waals surface area contributed by atoms with Crippen LogP contribution in [0.25, 0.3) is 0 Å². The highest BCUT2D eigenvalue weighted by Crippen LogP contribution is 2.17. The summed E-state index contributed by atoms with van der Waals surface area (Å²) in [6.45, 7) is -0.513. The van der Waals surface area contributed by atoms with Crippen LogP contribution in [0.4, 0.5) is 10.5 Å². The molecule has 2 aromatic rings. The van der Waals surface area contributed by atoms with Gasteiger partial charge in [0.25, 0.3) is 0 Å². The zero-order valence-electron chi connectivity index (χ0n) is 19.5. The minimum Gasteiger partial charge on any atom is -0.481 e. The number of amides is 1. The standard InChI is InChI=1S/C24H28N4O8/c25-23(26)27-18-9-7-17(8-10-18)22(33)36-19-11-5-16(6-12-19)15-35-24(34)28(14-21(31)32)13-3-1-2-4-20(29)30/h5-12H,1-4,13-15H2,(H,29,30)(H,31,32)(H4,25,26,27). The molecular formula is C24H28N4O8. The van der Waals surface area contributed by atoms with Gasteiger partial charge in [0.2, 0.25) is 0 Å². The number of carbonyl (C=O) groups is 4. The zero-order valence-corrected chi connectivity index (χ0v) is 19.5. The molecule has 0 spiro atoms. The Morgan fingerprint density at radius 3 is 2.11 bits per heavy atom. The van der Waals surface area contributed by atoms with Gasteiger partial charge in [0.15, 0.2) is 5.96 Å². The van der Waals surface area contributed by atoms with Gasteiger partial charge in [0.1, 0.15) is 18.9 Å². The van der Waals surface area contributed by atoms with E-state index in [1.807, 2.05) is 0 Å². The second-order valence-electron chi connectivity index (χ2n) is 7.69. The third kappa shape index (κ3) is 10.1. The lowest BCUT2D eigenvalue weighted by Crippen LogP contribution is -2.36. The Hall–Kier alpha value is -4.61. The first-order valence-electron chi connectivity index (χ1n) is 11.0. The number of aliphatic carboxylic acids is 2. The lowest BCUT2D eigenvalue weighted by Gasteiger charge is -2.20. The largest absolute Gasteiger partial charge is 0.481 e. The quantitative estimate of drug-likeness (QED) is 0.104. The normalized spacial score (nSPS) is 10.2. The molecule has 1 amide bonds. The van der Waals surface area contributed by atoms with Crippen molar-refractivity contribution < 1.29 is 38.9 Å². The average Bonchev–Trinajstić information content (AvgIpc) is 2.82. The number of carboxylic acid groups (broad SMARTS) is 2. The molecular weight excluding hydrogens is 472 g/mol. The summed E-state index contributed by atoms with van der Waals surface area (Å²) in [7, 11) is 0. The molecule has 2 aromatic carbocycles. The Morgan fingerprint density at radius 1 is 0.861 bits per heavy atom. The van der Waals surface area contributed by atoms with E-state index < -0.39 is 30.5 Å². The molecule has 2 rings (SSSR count). The van der Waals surface area contributed by atoms with Crippen LogP contribution in [0.5, 0.6) is 5.75 Å². The second kappa shape index (κ2) is 13.9. The number of esters is 1. The Balaban J connectivity index is 1.86. The van der Waals surface area contributed by atoms with Gasteiger partial charge in [-0.3, -0.25) is 14.5 Å². The molecule has 192 valence electrons. The number of nitrogens with two attached hydrogens (primary N) is 2. The van der Waals surface area contributed by atoms with E-state index in [2.05, 4.69) is 4.99 Å². The number of ether oxygens (including phenoxy) is 2. The molecule has 0 unspecified atom stereocenters. The summed E-state index contributed by atoms with van der Waals surface area (Å²) in [5, 5.41) is 17.7. The maximum Gasteiger partial charge on any atom is 0.410 e. The number of carbonyl (C=O) groups excluding carboxylic acids is 2. The Labute approximate surface area is 207 Å². The molecule has 0 aliphatic carbocycles. The Kier molecular flexibility index (Phi) is 10.7. The molecule has 0 aromatic heterocycles. The monoisotopic (exact) mass is 500 g/mol. The van der Waals surface area contributed by atoms with E-state index in [0.29, 0.717) is 36.1 Å². The average molecular weight is 501 g/mol. The summed E-state index contributed by atoms with van der Waals surface area (Å²) in [5.41, 5.74) is 12.0. The van der Waals surface area contributed by atoms with Crippen molar-refractivity contribution in [1.82, 2.24) is 4.90 Å². The summed E-state index contributed by atoms with van der Waals surface area (Å²) in [4.78, 5) is 51.2. The number of aliphatic imine (C=N–C) groups is 1. The van der Waals surface area contributed by atoms with E-state index in [9.17, 15) is 19.2 Å². The summed E-state index contributed by atoms with van der Waals surface area (Å²) in [6, 6.07) is 12.4. The predicted octanol–water partition coefficient (Wildman–Crippen LogP) is 2.48. The SMILES string of the molecule is NC(N)=Nc1ccc(C(=O)Oc2ccc(COC(=O)N(CCCCCC(=O)O)CC(=O)O)cc2)cc1. The fourth-order valence-corrected chi connectivity index (χ4v) is 3.03. The molecule has 0 bridgehead atoms. The minimum atomic E-state index is -1.19. The number of rotatable bonds is 13. The van der Waals surface area contributed by atoms with Gasteiger partial charge in [0, 0.05) is 13.0 Å². The van der Waals surface area contributed by atoms with Crippen LogP contribution >= 0.6 is 0 Å². The lowest BCUT2D eigenvalue weighted by atomic mass is 10.2. The van der Waals surface area contributed by atoms with E-state index in [1.54, 1.807) is 24.3 Å². The molecule has 36 heavy (non-hydrogen) atoms. The van der Waals surface area contributed by atoms with Crippen molar-refractivity contribution in [1.29, 1.82) is 0 Å². The van der Waals surface area contributed by atoms with Crippen molar-refractivity contribution in [2.45, 2.75) is 32.3 Å². The molecule has 0 fully saturated rings. The highest BCUT2D eigenvalue weighted by atomic mass is 16.6. The lowest BCUT2D eigenvalue weighted by molar-refractivity contribution is -0.138. The van der Waals surface area contributed by atoms with Gasteiger partial charge in [-0.25, -0.2) is 14.6 Å². The summed E-state index contributed by atoms with van der Waals surface area (Å²) < 4.78 is 10.5. The van der Waals surface area contributed by atoms with Crippen LogP contribution in [0.3, 0.4) is 0 Å². The molecule has 0 heterocycles. The molecule has 12 heteroatoms. The fraction of sp³-hybridized carbons (Fsp3) is 0.292.